The highest BCUT2D eigenvalue weighted by Gasteiger charge is 2.18. The van der Waals surface area contributed by atoms with Crippen molar-refractivity contribution in [3.63, 3.8) is 0 Å². The van der Waals surface area contributed by atoms with Gasteiger partial charge in [0.25, 0.3) is 0 Å². The number of likely N-dealkylation sites (N-methyl/N-ethyl adjacent to an activating group) is 1. The van der Waals surface area contributed by atoms with Crippen molar-refractivity contribution in [2.24, 2.45) is 4.99 Å². The number of aryl methyl sites for hydroxylation is 1. The van der Waals surface area contributed by atoms with Crippen molar-refractivity contribution in [2.75, 3.05) is 33.2 Å². The standard InChI is InChI=1S/C20H33N7.HI/c1-5-19-25-24-16-27(19)14-13-22-20(21-4)23-15-18(26(6-2)7-3)17-11-9-8-10-12-17;/h8-12,16,18H,5-7,13-15H2,1-4H3,(H2,21,22,23);1H. The van der Waals surface area contributed by atoms with Crippen molar-refractivity contribution in [1.82, 2.24) is 30.3 Å². The van der Waals surface area contributed by atoms with E-state index in [0.717, 1.165) is 50.9 Å². The van der Waals surface area contributed by atoms with Crippen molar-refractivity contribution < 1.29 is 0 Å². The fourth-order valence-electron chi connectivity index (χ4n) is 3.25. The molecule has 0 radical (unpaired) electrons. The lowest BCUT2D eigenvalue weighted by molar-refractivity contribution is 0.219. The molecular weight excluding hydrogens is 465 g/mol. The van der Waals surface area contributed by atoms with Gasteiger partial charge in [0.15, 0.2) is 5.96 Å². The number of halogens is 1. The van der Waals surface area contributed by atoms with E-state index in [-0.39, 0.29) is 24.0 Å². The Labute approximate surface area is 186 Å². The van der Waals surface area contributed by atoms with E-state index < -0.39 is 0 Å². The fraction of sp³-hybridized carbons (Fsp3) is 0.550. The first-order valence-corrected chi connectivity index (χ1v) is 9.83. The van der Waals surface area contributed by atoms with E-state index in [2.05, 4.69) is 86.4 Å². The van der Waals surface area contributed by atoms with E-state index in [9.17, 15) is 0 Å². The Morgan fingerprint density at radius 3 is 2.46 bits per heavy atom. The minimum atomic E-state index is 0. The lowest BCUT2D eigenvalue weighted by atomic mass is 10.1. The Kier molecular flexibility index (Phi) is 11.7. The molecule has 0 aliphatic heterocycles. The van der Waals surface area contributed by atoms with Gasteiger partial charge in [-0.15, -0.1) is 34.2 Å². The first-order valence-electron chi connectivity index (χ1n) is 9.83. The van der Waals surface area contributed by atoms with Gasteiger partial charge in [-0.2, -0.15) is 0 Å². The van der Waals surface area contributed by atoms with Gasteiger partial charge in [-0.05, 0) is 18.7 Å². The predicted octanol–water partition coefficient (Wildman–Crippen LogP) is 2.71. The molecule has 2 rings (SSSR count). The molecule has 156 valence electrons. The third kappa shape index (κ3) is 7.05. The van der Waals surface area contributed by atoms with Gasteiger partial charge in [-0.3, -0.25) is 9.89 Å². The van der Waals surface area contributed by atoms with Crippen LogP contribution in [-0.2, 0) is 13.0 Å². The van der Waals surface area contributed by atoms with Gasteiger partial charge in [0, 0.05) is 33.1 Å². The predicted molar refractivity (Wildman–Crippen MR) is 126 cm³/mol. The molecule has 2 N–H and O–H groups in total. The third-order valence-electron chi connectivity index (χ3n) is 4.78. The van der Waals surface area contributed by atoms with Gasteiger partial charge in [0.1, 0.15) is 12.2 Å². The van der Waals surface area contributed by atoms with Crippen molar-refractivity contribution in [3.05, 3.63) is 48.0 Å². The minimum Gasteiger partial charge on any atom is -0.355 e. The summed E-state index contributed by atoms with van der Waals surface area (Å²) in [6.07, 6.45) is 2.66. The van der Waals surface area contributed by atoms with Crippen LogP contribution < -0.4 is 10.6 Å². The van der Waals surface area contributed by atoms with Crippen LogP contribution in [0.3, 0.4) is 0 Å². The van der Waals surface area contributed by atoms with Crippen molar-refractivity contribution in [3.8, 4) is 0 Å². The number of aromatic nitrogens is 3. The van der Waals surface area contributed by atoms with Gasteiger partial charge in [0.2, 0.25) is 0 Å². The molecule has 0 saturated carbocycles. The summed E-state index contributed by atoms with van der Waals surface area (Å²) < 4.78 is 2.07. The van der Waals surface area contributed by atoms with E-state index >= 15 is 0 Å². The van der Waals surface area contributed by atoms with Gasteiger partial charge >= 0.3 is 0 Å². The molecule has 1 aromatic heterocycles. The maximum atomic E-state index is 4.36. The topological polar surface area (TPSA) is 70.4 Å². The summed E-state index contributed by atoms with van der Waals surface area (Å²) in [5, 5.41) is 15.0. The molecule has 0 aliphatic carbocycles. The first-order chi connectivity index (χ1) is 13.2. The number of rotatable bonds is 10. The van der Waals surface area contributed by atoms with Gasteiger partial charge in [-0.25, -0.2) is 0 Å². The fourth-order valence-corrected chi connectivity index (χ4v) is 3.25. The SMILES string of the molecule is CCc1nncn1CCNC(=NC)NCC(c1ccccc1)N(CC)CC.I. The van der Waals surface area contributed by atoms with E-state index in [0.29, 0.717) is 6.04 Å². The van der Waals surface area contributed by atoms with E-state index in [1.165, 1.54) is 5.56 Å². The molecule has 0 bridgehead atoms. The average Bonchev–Trinajstić information content (AvgIpc) is 3.17. The lowest BCUT2D eigenvalue weighted by Gasteiger charge is -2.30. The maximum Gasteiger partial charge on any atom is 0.191 e. The number of hydrogen-bond acceptors (Lipinski definition) is 4. The van der Waals surface area contributed by atoms with Crippen LogP contribution in [-0.4, -0.2) is 58.9 Å². The van der Waals surface area contributed by atoms with Crippen LogP contribution in [0.25, 0.3) is 0 Å². The highest BCUT2D eigenvalue weighted by molar-refractivity contribution is 14.0. The molecule has 0 amide bonds. The number of hydrogen-bond donors (Lipinski definition) is 2. The number of benzene rings is 1. The number of nitrogens with one attached hydrogen (secondary N) is 2. The number of aliphatic imine (C=N–C) groups is 1. The van der Waals surface area contributed by atoms with Crippen molar-refractivity contribution in [2.45, 2.75) is 39.8 Å². The Bertz CT molecular complexity index is 683. The van der Waals surface area contributed by atoms with Crippen molar-refractivity contribution in [1.29, 1.82) is 0 Å². The normalized spacial score (nSPS) is 12.5. The first kappa shape index (κ1) is 24.4. The molecule has 0 saturated heterocycles. The monoisotopic (exact) mass is 499 g/mol. The maximum absolute atomic E-state index is 4.36. The Morgan fingerprint density at radius 1 is 1.14 bits per heavy atom. The lowest BCUT2D eigenvalue weighted by Crippen LogP contribution is -2.44. The van der Waals surface area contributed by atoms with Crippen LogP contribution >= 0.6 is 24.0 Å². The van der Waals surface area contributed by atoms with Crippen LogP contribution in [0.2, 0.25) is 0 Å². The summed E-state index contributed by atoms with van der Waals surface area (Å²) in [4.78, 5) is 6.82. The quantitative estimate of drug-likeness (QED) is 0.299. The van der Waals surface area contributed by atoms with Crippen LogP contribution in [0.4, 0.5) is 0 Å². The molecule has 7 nitrogen and oxygen atoms in total. The Morgan fingerprint density at radius 2 is 1.86 bits per heavy atom. The molecule has 0 fully saturated rings. The third-order valence-corrected chi connectivity index (χ3v) is 4.78. The van der Waals surface area contributed by atoms with Crippen LogP contribution in [0.15, 0.2) is 41.7 Å². The van der Waals surface area contributed by atoms with Gasteiger partial charge in [-0.1, -0.05) is 51.1 Å². The second kappa shape index (κ2) is 13.5. The van der Waals surface area contributed by atoms with E-state index in [1.54, 1.807) is 13.4 Å². The smallest absolute Gasteiger partial charge is 0.191 e. The van der Waals surface area contributed by atoms with Gasteiger partial charge in [0.05, 0.1) is 6.04 Å². The summed E-state index contributed by atoms with van der Waals surface area (Å²) in [7, 11) is 1.81. The molecule has 1 heterocycles. The molecule has 1 aromatic carbocycles. The molecule has 1 unspecified atom stereocenters. The molecule has 1 atom stereocenters. The zero-order valence-corrected chi connectivity index (χ0v) is 19.8. The summed E-state index contributed by atoms with van der Waals surface area (Å²) in [6.45, 7) is 10.9. The Hall–Kier alpha value is -1.68. The zero-order chi connectivity index (χ0) is 19.5. The van der Waals surface area contributed by atoms with Crippen molar-refractivity contribution >= 4 is 29.9 Å². The second-order valence-corrected chi connectivity index (χ2v) is 6.32. The molecular formula is C20H34IN7. The van der Waals surface area contributed by atoms with Gasteiger partial charge < -0.3 is 15.2 Å². The van der Waals surface area contributed by atoms with Crippen LogP contribution in [0.5, 0.6) is 0 Å². The summed E-state index contributed by atoms with van der Waals surface area (Å²) in [5.41, 5.74) is 1.32. The molecule has 2 aromatic rings. The molecule has 0 spiro atoms. The number of nitrogens with zero attached hydrogens (tertiary/aromatic N) is 5. The van der Waals surface area contributed by atoms with E-state index in [1.807, 2.05) is 0 Å². The Balaban J connectivity index is 0.00000392. The summed E-state index contributed by atoms with van der Waals surface area (Å²) in [6, 6.07) is 11.0. The zero-order valence-electron chi connectivity index (χ0n) is 17.4. The summed E-state index contributed by atoms with van der Waals surface area (Å²) in [5.74, 6) is 1.82. The van der Waals surface area contributed by atoms with Crippen LogP contribution in [0.1, 0.15) is 38.2 Å². The highest BCUT2D eigenvalue weighted by Crippen LogP contribution is 2.19. The molecule has 8 heteroatoms. The molecule has 0 aliphatic rings. The average molecular weight is 499 g/mol. The van der Waals surface area contributed by atoms with Crippen LogP contribution in [0, 0.1) is 0 Å². The van der Waals surface area contributed by atoms with E-state index in [4.69, 9.17) is 0 Å². The summed E-state index contributed by atoms with van der Waals surface area (Å²) >= 11 is 0. The second-order valence-electron chi connectivity index (χ2n) is 6.32. The number of guanidine groups is 1. The molecule has 28 heavy (non-hydrogen) atoms. The highest BCUT2D eigenvalue weighted by atomic mass is 127. The minimum absolute atomic E-state index is 0. The largest absolute Gasteiger partial charge is 0.355 e.